The Balaban J connectivity index is 1.91. The van der Waals surface area contributed by atoms with Crippen LogP contribution in [-0.4, -0.2) is 42.0 Å². The Morgan fingerprint density at radius 3 is 2.83 bits per heavy atom. The summed E-state index contributed by atoms with van der Waals surface area (Å²) in [6.07, 6.45) is 5.26. The number of ether oxygens (including phenoxy) is 1. The first-order valence-electron chi connectivity index (χ1n) is 9.72. The molecule has 0 radical (unpaired) electrons. The molecule has 4 heterocycles. The van der Waals surface area contributed by atoms with Gasteiger partial charge in [0.25, 0.3) is 0 Å². The van der Waals surface area contributed by atoms with E-state index in [1.807, 2.05) is 12.1 Å². The summed E-state index contributed by atoms with van der Waals surface area (Å²) in [4.78, 5) is 33.0. The molecule has 8 nitrogen and oxygen atoms in total. The SMILES string of the molecule is N#Cc1cnc([N+]2(C(N)=O)CCCc3ccc(C=O)nc32)cc1C1CCOCC1. The van der Waals surface area contributed by atoms with Crippen LogP contribution in [0.25, 0.3) is 0 Å². The molecule has 2 aliphatic heterocycles. The summed E-state index contributed by atoms with van der Waals surface area (Å²) >= 11 is 0. The molecule has 2 aliphatic rings. The van der Waals surface area contributed by atoms with Gasteiger partial charge in [-0.2, -0.15) is 10.2 Å². The molecule has 0 bridgehead atoms. The van der Waals surface area contributed by atoms with Crippen LogP contribution in [0.2, 0.25) is 0 Å². The summed E-state index contributed by atoms with van der Waals surface area (Å²) in [5.41, 5.74) is 8.39. The molecule has 1 atom stereocenters. The Labute approximate surface area is 168 Å². The highest BCUT2D eigenvalue weighted by atomic mass is 16.5. The number of aldehydes is 1. The summed E-state index contributed by atoms with van der Waals surface area (Å²) in [6.45, 7) is 1.68. The number of quaternary nitrogens is 1. The fourth-order valence-electron chi connectivity index (χ4n) is 4.35. The minimum Gasteiger partial charge on any atom is -0.381 e. The lowest BCUT2D eigenvalue weighted by molar-refractivity contribution is 0.0852. The first kappa shape index (κ1) is 19.2. The maximum absolute atomic E-state index is 12.8. The molecular weight excluding hydrogens is 370 g/mol. The van der Waals surface area contributed by atoms with Crippen LogP contribution in [0, 0.1) is 11.3 Å². The number of hydrogen-bond acceptors (Lipinski definition) is 6. The van der Waals surface area contributed by atoms with E-state index >= 15 is 0 Å². The average Bonchev–Trinajstić information content (AvgIpc) is 2.78. The summed E-state index contributed by atoms with van der Waals surface area (Å²) in [7, 11) is 0. The Morgan fingerprint density at radius 2 is 2.14 bits per heavy atom. The van der Waals surface area contributed by atoms with Crippen molar-refractivity contribution in [1.82, 2.24) is 14.5 Å². The van der Waals surface area contributed by atoms with Crippen molar-refractivity contribution in [3.63, 3.8) is 0 Å². The molecule has 2 amide bonds. The van der Waals surface area contributed by atoms with Gasteiger partial charge in [0.05, 0.1) is 11.8 Å². The minimum atomic E-state index is -0.600. The number of rotatable bonds is 3. The number of nitriles is 1. The summed E-state index contributed by atoms with van der Waals surface area (Å²) < 4.78 is 5.10. The highest BCUT2D eigenvalue weighted by Gasteiger charge is 2.47. The van der Waals surface area contributed by atoms with E-state index in [1.165, 1.54) is 6.20 Å². The van der Waals surface area contributed by atoms with Crippen LogP contribution in [0.3, 0.4) is 0 Å². The second kappa shape index (κ2) is 7.70. The van der Waals surface area contributed by atoms with Gasteiger partial charge < -0.3 is 10.5 Å². The smallest absolute Gasteiger partial charge is 0.381 e. The van der Waals surface area contributed by atoms with Gasteiger partial charge in [-0.25, -0.2) is 9.78 Å². The standard InChI is InChI=1S/C21H21N5O3/c22-11-16-12-24-19(10-18(16)14-5-8-29-9-6-14)26(21(23)28)7-1-2-15-3-4-17(13-27)25-20(15)26/h3-4,10,12-14H,1-2,5-9H2,(H-,23,28)/p+1. The van der Waals surface area contributed by atoms with E-state index < -0.39 is 6.03 Å². The molecule has 1 unspecified atom stereocenters. The number of urea groups is 1. The molecule has 0 aromatic carbocycles. The predicted molar refractivity (Wildman–Crippen MR) is 106 cm³/mol. The number of nitrogens with two attached hydrogens (primary N) is 1. The molecule has 2 N–H and O–H groups in total. The van der Waals surface area contributed by atoms with E-state index in [9.17, 15) is 14.9 Å². The normalized spacial score (nSPS) is 21.8. The molecule has 0 spiro atoms. The Bertz CT molecular complexity index is 1010. The number of aromatic nitrogens is 2. The number of aryl methyl sites for hydroxylation is 1. The maximum atomic E-state index is 12.8. The van der Waals surface area contributed by atoms with E-state index in [0.717, 1.165) is 36.8 Å². The first-order valence-corrected chi connectivity index (χ1v) is 9.72. The molecule has 0 saturated carbocycles. The number of hydrogen-bond donors (Lipinski definition) is 1. The quantitative estimate of drug-likeness (QED) is 0.634. The van der Waals surface area contributed by atoms with E-state index in [0.29, 0.717) is 43.2 Å². The summed E-state index contributed by atoms with van der Waals surface area (Å²) in [5, 5.41) is 9.58. The Hall–Kier alpha value is -3.15. The van der Waals surface area contributed by atoms with Crippen molar-refractivity contribution in [2.24, 2.45) is 5.73 Å². The Morgan fingerprint density at radius 1 is 1.34 bits per heavy atom. The lowest BCUT2D eigenvalue weighted by atomic mass is 9.89. The zero-order valence-corrected chi connectivity index (χ0v) is 16.0. The molecule has 29 heavy (non-hydrogen) atoms. The van der Waals surface area contributed by atoms with Gasteiger partial charge in [0, 0.05) is 31.3 Å². The molecule has 1 saturated heterocycles. The molecule has 4 rings (SSSR count). The van der Waals surface area contributed by atoms with Crippen LogP contribution in [0.4, 0.5) is 16.4 Å². The van der Waals surface area contributed by atoms with Gasteiger partial charge in [-0.1, -0.05) is 0 Å². The van der Waals surface area contributed by atoms with Gasteiger partial charge in [-0.15, -0.1) is 4.48 Å². The molecule has 1 fully saturated rings. The maximum Gasteiger partial charge on any atom is 0.426 e. The topological polar surface area (TPSA) is 119 Å². The monoisotopic (exact) mass is 392 g/mol. The first-order chi connectivity index (χ1) is 14.1. The highest BCUT2D eigenvalue weighted by molar-refractivity contribution is 5.92. The van der Waals surface area contributed by atoms with Crippen molar-refractivity contribution in [2.45, 2.75) is 31.6 Å². The lowest BCUT2D eigenvalue weighted by Crippen LogP contribution is -2.56. The van der Waals surface area contributed by atoms with Crippen molar-refractivity contribution in [3.8, 4) is 6.07 Å². The van der Waals surface area contributed by atoms with Crippen LogP contribution >= 0.6 is 0 Å². The van der Waals surface area contributed by atoms with Gasteiger partial charge in [0.15, 0.2) is 6.29 Å². The van der Waals surface area contributed by atoms with Gasteiger partial charge >= 0.3 is 6.03 Å². The number of pyridine rings is 2. The molecule has 2 aromatic heterocycles. The van der Waals surface area contributed by atoms with Crippen molar-refractivity contribution in [2.75, 3.05) is 19.8 Å². The molecule has 2 aromatic rings. The number of nitrogens with zero attached hydrogens (tertiary/aromatic N) is 4. The highest BCUT2D eigenvalue weighted by Crippen LogP contribution is 2.41. The number of carbonyl (C=O) groups is 2. The van der Waals surface area contributed by atoms with Crippen molar-refractivity contribution < 1.29 is 14.3 Å². The van der Waals surface area contributed by atoms with E-state index in [1.54, 1.807) is 6.07 Å². The molecule has 0 aliphatic carbocycles. The third-order valence-corrected chi connectivity index (χ3v) is 5.87. The lowest BCUT2D eigenvalue weighted by Gasteiger charge is -2.35. The number of primary amides is 1. The van der Waals surface area contributed by atoms with Crippen molar-refractivity contribution in [1.29, 1.82) is 5.26 Å². The second-order valence-electron chi connectivity index (χ2n) is 7.44. The van der Waals surface area contributed by atoms with Crippen LogP contribution in [-0.2, 0) is 11.2 Å². The Kier molecular flexibility index (Phi) is 5.09. The van der Waals surface area contributed by atoms with Gasteiger partial charge in [-0.05, 0) is 42.9 Å². The zero-order chi connectivity index (χ0) is 20.4. The minimum absolute atomic E-state index is 0.159. The van der Waals surface area contributed by atoms with Gasteiger partial charge in [0.2, 0.25) is 11.6 Å². The molecule has 8 heteroatoms. The van der Waals surface area contributed by atoms with E-state index in [4.69, 9.17) is 10.5 Å². The zero-order valence-electron chi connectivity index (χ0n) is 16.0. The molecule has 148 valence electrons. The van der Waals surface area contributed by atoms with Gasteiger partial charge in [-0.3, -0.25) is 4.79 Å². The average molecular weight is 392 g/mol. The fourth-order valence-corrected chi connectivity index (χ4v) is 4.35. The van der Waals surface area contributed by atoms with E-state index in [-0.39, 0.29) is 16.1 Å². The van der Waals surface area contributed by atoms with Crippen LogP contribution < -0.4 is 10.2 Å². The summed E-state index contributed by atoms with van der Waals surface area (Å²) in [5.74, 6) is 1.05. The molecular formula is C21H22N5O3+. The third-order valence-electron chi connectivity index (χ3n) is 5.87. The predicted octanol–water partition coefficient (Wildman–Crippen LogP) is 2.72. The number of carbonyl (C=O) groups excluding carboxylic acids is 2. The number of fused-ring (bicyclic) bond motifs is 1. The van der Waals surface area contributed by atoms with Crippen LogP contribution in [0.1, 0.15) is 52.4 Å². The van der Waals surface area contributed by atoms with Gasteiger partial charge in [0.1, 0.15) is 18.3 Å². The van der Waals surface area contributed by atoms with Crippen LogP contribution in [0.15, 0.2) is 24.4 Å². The number of amides is 2. The largest absolute Gasteiger partial charge is 0.426 e. The van der Waals surface area contributed by atoms with Crippen molar-refractivity contribution >= 4 is 24.0 Å². The van der Waals surface area contributed by atoms with E-state index in [2.05, 4.69) is 16.0 Å². The fraction of sp³-hybridized carbons (Fsp3) is 0.381. The summed E-state index contributed by atoms with van der Waals surface area (Å²) in [6, 6.07) is 6.91. The second-order valence-corrected chi connectivity index (χ2v) is 7.44. The van der Waals surface area contributed by atoms with Crippen molar-refractivity contribution in [3.05, 3.63) is 46.8 Å². The van der Waals surface area contributed by atoms with Crippen LogP contribution in [0.5, 0.6) is 0 Å². The third kappa shape index (κ3) is 3.18.